The number of hydrogen-bond acceptors (Lipinski definition) is 5. The van der Waals surface area contributed by atoms with Gasteiger partial charge in [-0.25, -0.2) is 4.98 Å². The molecule has 4 rings (SSSR count). The Morgan fingerprint density at radius 3 is 2.41 bits per heavy atom. The van der Waals surface area contributed by atoms with Crippen LogP contribution in [0, 0.1) is 0 Å². The number of aromatic nitrogens is 1. The summed E-state index contributed by atoms with van der Waals surface area (Å²) in [7, 11) is 0. The average molecular weight is 554 g/mol. The molecule has 2 N–H and O–H groups in total. The quantitative estimate of drug-likeness (QED) is 0.232. The van der Waals surface area contributed by atoms with Crippen LogP contribution >= 0.6 is 34.5 Å². The van der Waals surface area contributed by atoms with E-state index in [-0.39, 0.29) is 0 Å². The molecule has 0 aliphatic heterocycles. The van der Waals surface area contributed by atoms with Crippen LogP contribution in [0.5, 0.6) is 0 Å². The molecule has 0 fully saturated rings. The maximum Gasteiger partial charge on any atom is 0.325 e. The van der Waals surface area contributed by atoms with Crippen molar-refractivity contribution in [2.45, 2.75) is 25.9 Å². The molecule has 3 aromatic carbocycles. The highest BCUT2D eigenvalue weighted by atomic mass is 35.5. The number of rotatable bonds is 10. The number of benzene rings is 3. The maximum absolute atomic E-state index is 12.3. The van der Waals surface area contributed by atoms with E-state index in [1.54, 1.807) is 29.5 Å². The lowest BCUT2D eigenvalue weighted by atomic mass is 10.1. The van der Waals surface area contributed by atoms with Crippen molar-refractivity contribution in [3.8, 4) is 11.3 Å². The fourth-order valence-corrected chi connectivity index (χ4v) is 4.83. The highest BCUT2D eigenvalue weighted by Crippen LogP contribution is 2.32. The van der Waals surface area contributed by atoms with Crippen LogP contribution in [-0.2, 0) is 17.8 Å². The largest absolute Gasteiger partial charge is 0.480 e. The molecule has 37 heavy (non-hydrogen) atoms. The molecule has 0 radical (unpaired) electrons. The molecule has 1 unspecified atom stereocenters. The predicted octanol–water partition coefficient (Wildman–Crippen LogP) is 6.57. The second-order valence-electron chi connectivity index (χ2n) is 8.53. The van der Waals surface area contributed by atoms with E-state index >= 15 is 0 Å². The third-order valence-corrected chi connectivity index (χ3v) is 7.44. The first-order valence-electron chi connectivity index (χ1n) is 11.6. The number of halogens is 2. The lowest BCUT2D eigenvalue weighted by Gasteiger charge is -2.22. The zero-order valence-corrected chi connectivity index (χ0v) is 22.4. The first-order chi connectivity index (χ1) is 17.8. The van der Waals surface area contributed by atoms with Gasteiger partial charge in [0.1, 0.15) is 6.04 Å². The molecule has 0 aliphatic rings. The standard InChI is InChI=1S/C28H25Cl2N3O3S/c1-18(27(35)36)31-26(34)21-9-7-20(8-10-21)16-33(14-13-19-5-3-2-4-6-19)28-32-25(17-37-28)22-11-12-23(29)24(30)15-22/h2-12,15,17-18H,13-14,16H2,1H3,(H,31,34)(H,35,36). The molecule has 0 bridgehead atoms. The summed E-state index contributed by atoms with van der Waals surface area (Å²) in [6.45, 7) is 2.77. The Bertz CT molecular complexity index is 1380. The van der Waals surface area contributed by atoms with E-state index < -0.39 is 17.9 Å². The summed E-state index contributed by atoms with van der Waals surface area (Å²) >= 11 is 13.8. The molecule has 1 atom stereocenters. The number of nitrogens with one attached hydrogen (secondary N) is 1. The van der Waals surface area contributed by atoms with Crippen molar-refractivity contribution in [2.24, 2.45) is 0 Å². The van der Waals surface area contributed by atoms with Gasteiger partial charge in [0.2, 0.25) is 0 Å². The number of carboxylic acid groups (broad SMARTS) is 1. The number of carboxylic acids is 1. The van der Waals surface area contributed by atoms with Gasteiger partial charge in [0, 0.05) is 29.6 Å². The lowest BCUT2D eigenvalue weighted by molar-refractivity contribution is -0.138. The van der Waals surface area contributed by atoms with Crippen molar-refractivity contribution < 1.29 is 14.7 Å². The fraction of sp³-hybridized carbons (Fsp3) is 0.179. The number of carbonyl (C=O) groups is 2. The van der Waals surface area contributed by atoms with E-state index in [4.69, 9.17) is 33.3 Å². The van der Waals surface area contributed by atoms with Crippen LogP contribution < -0.4 is 10.2 Å². The van der Waals surface area contributed by atoms with Crippen LogP contribution in [0.15, 0.2) is 78.2 Å². The Morgan fingerprint density at radius 1 is 1.00 bits per heavy atom. The van der Waals surface area contributed by atoms with E-state index in [0.29, 0.717) is 22.2 Å². The molecule has 190 valence electrons. The van der Waals surface area contributed by atoms with E-state index in [1.807, 2.05) is 47.8 Å². The Balaban J connectivity index is 1.53. The minimum absolute atomic E-state index is 0.406. The molecule has 1 amide bonds. The monoisotopic (exact) mass is 553 g/mol. The Hall–Kier alpha value is -3.39. The second kappa shape index (κ2) is 12.2. The topological polar surface area (TPSA) is 82.5 Å². The minimum atomic E-state index is -1.08. The Kier molecular flexibility index (Phi) is 8.82. The summed E-state index contributed by atoms with van der Waals surface area (Å²) in [5.41, 5.74) is 4.35. The third-order valence-electron chi connectivity index (χ3n) is 5.80. The first-order valence-corrected chi connectivity index (χ1v) is 13.3. The van der Waals surface area contributed by atoms with Crippen LogP contribution in [0.4, 0.5) is 5.13 Å². The molecular weight excluding hydrogens is 529 g/mol. The molecule has 0 saturated carbocycles. The van der Waals surface area contributed by atoms with E-state index in [9.17, 15) is 9.59 Å². The highest BCUT2D eigenvalue weighted by molar-refractivity contribution is 7.14. The molecule has 6 nitrogen and oxygen atoms in total. The van der Waals surface area contributed by atoms with Crippen LogP contribution in [0.3, 0.4) is 0 Å². The fourth-order valence-electron chi connectivity index (χ4n) is 3.67. The van der Waals surface area contributed by atoms with Crippen molar-refractivity contribution >= 4 is 51.5 Å². The molecule has 1 aromatic heterocycles. The maximum atomic E-state index is 12.3. The molecule has 9 heteroatoms. The van der Waals surface area contributed by atoms with Crippen molar-refractivity contribution in [1.82, 2.24) is 10.3 Å². The van der Waals surface area contributed by atoms with Crippen LogP contribution in [0.25, 0.3) is 11.3 Å². The summed E-state index contributed by atoms with van der Waals surface area (Å²) in [5.74, 6) is -1.50. The van der Waals surface area contributed by atoms with Gasteiger partial charge in [-0.3, -0.25) is 9.59 Å². The SMILES string of the molecule is CC(NC(=O)c1ccc(CN(CCc2ccccc2)c2nc(-c3ccc(Cl)c(Cl)c3)cs2)cc1)C(=O)O. The summed E-state index contributed by atoms with van der Waals surface area (Å²) in [4.78, 5) is 30.5. The zero-order chi connectivity index (χ0) is 26.4. The molecule has 0 aliphatic carbocycles. The lowest BCUT2D eigenvalue weighted by Crippen LogP contribution is -2.38. The van der Waals surface area contributed by atoms with E-state index in [1.165, 1.54) is 12.5 Å². The Morgan fingerprint density at radius 2 is 1.73 bits per heavy atom. The first kappa shape index (κ1) is 26.7. The summed E-state index contributed by atoms with van der Waals surface area (Å²) in [6.07, 6.45) is 0.843. The molecule has 4 aromatic rings. The molecule has 0 saturated heterocycles. The van der Waals surface area contributed by atoms with Gasteiger partial charge in [0.15, 0.2) is 5.13 Å². The number of carbonyl (C=O) groups excluding carboxylic acids is 1. The van der Waals surface area contributed by atoms with Gasteiger partial charge in [-0.2, -0.15) is 0 Å². The van der Waals surface area contributed by atoms with Crippen LogP contribution in [-0.4, -0.2) is 34.6 Å². The van der Waals surface area contributed by atoms with Gasteiger partial charge >= 0.3 is 5.97 Å². The molecule has 1 heterocycles. The normalized spacial score (nSPS) is 11.6. The third kappa shape index (κ3) is 7.10. The number of anilines is 1. The van der Waals surface area contributed by atoms with Crippen molar-refractivity contribution in [2.75, 3.05) is 11.4 Å². The number of aliphatic carboxylic acids is 1. The number of thiazole rings is 1. The highest BCUT2D eigenvalue weighted by Gasteiger charge is 2.17. The number of amides is 1. The smallest absolute Gasteiger partial charge is 0.325 e. The van der Waals surface area contributed by atoms with Gasteiger partial charge in [-0.05, 0) is 48.7 Å². The van der Waals surface area contributed by atoms with E-state index in [2.05, 4.69) is 22.3 Å². The van der Waals surface area contributed by atoms with Gasteiger partial charge < -0.3 is 15.3 Å². The zero-order valence-electron chi connectivity index (χ0n) is 20.0. The van der Waals surface area contributed by atoms with Crippen LogP contribution in [0.1, 0.15) is 28.4 Å². The summed E-state index contributed by atoms with van der Waals surface area (Å²) in [6, 6.07) is 21.9. The minimum Gasteiger partial charge on any atom is -0.480 e. The Labute approximate surface area is 229 Å². The van der Waals surface area contributed by atoms with Gasteiger partial charge in [-0.15, -0.1) is 11.3 Å². The summed E-state index contributed by atoms with van der Waals surface area (Å²) in [5, 5.41) is 15.3. The molecular formula is C28H25Cl2N3O3S. The average Bonchev–Trinajstić information content (AvgIpc) is 3.39. The van der Waals surface area contributed by atoms with Crippen LogP contribution in [0.2, 0.25) is 10.0 Å². The molecule has 0 spiro atoms. The summed E-state index contributed by atoms with van der Waals surface area (Å²) < 4.78 is 0. The van der Waals surface area contributed by atoms with Gasteiger partial charge in [0.05, 0.1) is 15.7 Å². The number of nitrogens with zero attached hydrogens (tertiary/aromatic N) is 2. The second-order valence-corrected chi connectivity index (χ2v) is 10.2. The predicted molar refractivity (Wildman–Crippen MR) is 150 cm³/mol. The van der Waals surface area contributed by atoms with Crippen molar-refractivity contribution in [3.05, 3.63) is 105 Å². The van der Waals surface area contributed by atoms with Crippen molar-refractivity contribution in [3.63, 3.8) is 0 Å². The van der Waals surface area contributed by atoms with E-state index in [0.717, 1.165) is 34.9 Å². The van der Waals surface area contributed by atoms with Gasteiger partial charge in [0.25, 0.3) is 5.91 Å². The number of hydrogen-bond donors (Lipinski definition) is 2. The van der Waals surface area contributed by atoms with Gasteiger partial charge in [-0.1, -0.05) is 71.7 Å². The van der Waals surface area contributed by atoms with Crippen molar-refractivity contribution in [1.29, 1.82) is 0 Å².